The Hall–Kier alpha value is -3.42. The van der Waals surface area contributed by atoms with Gasteiger partial charge in [-0.25, -0.2) is 18.3 Å². The zero-order valence-electron chi connectivity index (χ0n) is 22.0. The highest BCUT2D eigenvalue weighted by atomic mass is 19.1. The summed E-state index contributed by atoms with van der Waals surface area (Å²) in [6.07, 6.45) is 0.980. The van der Waals surface area contributed by atoms with E-state index >= 15 is 4.39 Å². The van der Waals surface area contributed by atoms with E-state index in [4.69, 9.17) is 15.6 Å². The van der Waals surface area contributed by atoms with E-state index in [1.807, 2.05) is 45.9 Å². The number of nitrogens with two attached hydrogens (primary N) is 1. The topological polar surface area (TPSA) is 73.4 Å². The number of hydrogen-bond acceptors (Lipinski definition) is 4. The smallest absolute Gasteiger partial charge is 0.411 e. The number of aromatic nitrogens is 2. The summed E-state index contributed by atoms with van der Waals surface area (Å²) in [5, 5.41) is 4.98. The summed E-state index contributed by atoms with van der Waals surface area (Å²) in [6, 6.07) is 8.14. The van der Waals surface area contributed by atoms with Crippen molar-refractivity contribution >= 4 is 11.8 Å². The second-order valence-corrected chi connectivity index (χ2v) is 10.7. The van der Waals surface area contributed by atoms with Crippen LogP contribution in [0, 0.1) is 11.6 Å². The molecule has 6 nitrogen and oxygen atoms in total. The number of halogens is 2. The zero-order chi connectivity index (χ0) is 26.6. The van der Waals surface area contributed by atoms with Gasteiger partial charge in [0.05, 0.1) is 34.8 Å². The predicted octanol–water partition coefficient (Wildman–Crippen LogP) is 6.51. The second kappa shape index (κ2) is 8.91. The minimum atomic E-state index is -0.839. The summed E-state index contributed by atoms with van der Waals surface area (Å²) in [5.74, 6) is -1.37. The Labute approximate surface area is 211 Å². The average Bonchev–Trinajstić information content (AvgIpc) is 3.28. The maximum Gasteiger partial charge on any atom is 0.411 e. The molecule has 0 fully saturated rings. The molecule has 0 atom stereocenters. The van der Waals surface area contributed by atoms with Gasteiger partial charge in [0.2, 0.25) is 0 Å². The Kier molecular flexibility index (Phi) is 6.35. The Morgan fingerprint density at radius 1 is 1.11 bits per heavy atom. The van der Waals surface area contributed by atoms with Crippen LogP contribution in [-0.4, -0.2) is 26.4 Å². The van der Waals surface area contributed by atoms with Gasteiger partial charge in [0, 0.05) is 17.2 Å². The van der Waals surface area contributed by atoms with Crippen molar-refractivity contribution in [2.75, 3.05) is 5.73 Å². The summed E-state index contributed by atoms with van der Waals surface area (Å²) >= 11 is 0. The van der Waals surface area contributed by atoms with Crippen molar-refractivity contribution in [3.8, 4) is 16.9 Å². The molecule has 8 heteroatoms. The molecular weight excluding hydrogens is 462 g/mol. The van der Waals surface area contributed by atoms with E-state index in [9.17, 15) is 9.18 Å². The van der Waals surface area contributed by atoms with Crippen molar-refractivity contribution in [3.63, 3.8) is 0 Å². The van der Waals surface area contributed by atoms with Crippen LogP contribution in [0.25, 0.3) is 16.9 Å². The number of nitrogens with zero attached hydrogens (tertiary/aromatic N) is 3. The third-order valence-corrected chi connectivity index (χ3v) is 6.69. The number of nitrogen functional groups attached to an aromatic ring is 1. The lowest BCUT2D eigenvalue weighted by atomic mass is 9.98. The average molecular weight is 497 g/mol. The quantitative estimate of drug-likeness (QED) is 0.418. The number of fused-ring (bicyclic) bond motifs is 1. The minimum absolute atomic E-state index is 0.0465. The number of benzene rings is 2. The Morgan fingerprint density at radius 2 is 1.72 bits per heavy atom. The highest BCUT2D eigenvalue weighted by Gasteiger charge is 2.47. The molecule has 2 heterocycles. The normalized spacial score (nSPS) is 14.8. The maximum atomic E-state index is 15.4. The van der Waals surface area contributed by atoms with Gasteiger partial charge in [-0.2, -0.15) is 5.10 Å². The number of carbonyl (C=O) groups excluding carboxylic acids is 1. The lowest BCUT2D eigenvalue weighted by molar-refractivity contribution is 0.00442. The molecule has 1 aliphatic rings. The van der Waals surface area contributed by atoms with Crippen molar-refractivity contribution in [2.24, 2.45) is 0 Å². The number of hydrogen-bond donors (Lipinski definition) is 1. The van der Waals surface area contributed by atoms with Gasteiger partial charge in [0.25, 0.3) is 0 Å². The summed E-state index contributed by atoms with van der Waals surface area (Å²) in [7, 11) is 0. The third-order valence-electron chi connectivity index (χ3n) is 6.69. The fourth-order valence-corrected chi connectivity index (χ4v) is 4.85. The molecule has 0 bridgehead atoms. The second-order valence-electron chi connectivity index (χ2n) is 10.7. The van der Waals surface area contributed by atoms with Crippen LogP contribution >= 0.6 is 0 Å². The molecule has 3 aromatic rings. The number of carbonyl (C=O) groups is 1. The molecule has 2 N–H and O–H groups in total. The first-order chi connectivity index (χ1) is 16.8. The fraction of sp³-hybridized carbons (Fsp3) is 0.429. The largest absolute Gasteiger partial charge is 0.444 e. The summed E-state index contributed by atoms with van der Waals surface area (Å²) in [4.78, 5) is 14.7. The molecule has 1 aliphatic heterocycles. The highest BCUT2D eigenvalue weighted by molar-refractivity contribution is 5.76. The van der Waals surface area contributed by atoms with Crippen LogP contribution in [-0.2, 0) is 29.7 Å². The first kappa shape index (κ1) is 25.7. The molecule has 1 aromatic heterocycles. The monoisotopic (exact) mass is 496 g/mol. The van der Waals surface area contributed by atoms with Crippen LogP contribution < -0.4 is 5.73 Å². The number of para-hydroxylation sites is 1. The van der Waals surface area contributed by atoms with Crippen molar-refractivity contribution in [1.82, 2.24) is 14.7 Å². The van der Waals surface area contributed by atoms with Crippen LogP contribution in [0.3, 0.4) is 0 Å². The molecule has 0 spiro atoms. The molecule has 4 rings (SSSR count). The Bertz CT molecular complexity index is 1320. The highest BCUT2D eigenvalue weighted by Crippen LogP contribution is 2.45. The van der Waals surface area contributed by atoms with Crippen LogP contribution in [0.15, 0.2) is 30.3 Å². The van der Waals surface area contributed by atoms with E-state index in [1.54, 1.807) is 30.4 Å². The van der Waals surface area contributed by atoms with Crippen LogP contribution in [0.1, 0.15) is 70.9 Å². The number of amides is 1. The molecule has 0 saturated carbocycles. The zero-order valence-corrected chi connectivity index (χ0v) is 22.0. The van der Waals surface area contributed by atoms with E-state index < -0.39 is 28.9 Å². The Morgan fingerprint density at radius 3 is 2.28 bits per heavy atom. The van der Waals surface area contributed by atoms with E-state index in [1.165, 1.54) is 0 Å². The van der Waals surface area contributed by atoms with E-state index in [2.05, 4.69) is 0 Å². The van der Waals surface area contributed by atoms with Crippen molar-refractivity contribution in [3.05, 3.63) is 64.4 Å². The van der Waals surface area contributed by atoms with Gasteiger partial charge in [-0.05, 0) is 64.7 Å². The standard InChI is InChI=1S/C28H34F2N4O2/c1-8-16-11-10-12-17(9-2)23(16)34-24(18-13-21(30)22(31)14-20(18)29)19-15-33(26(35)36-27(3,4)5)28(6,7)25(19)32-34/h10-14H,8-9,15,31H2,1-7H3. The van der Waals surface area contributed by atoms with Crippen molar-refractivity contribution < 1.29 is 18.3 Å². The van der Waals surface area contributed by atoms with Gasteiger partial charge in [0.1, 0.15) is 17.2 Å². The minimum Gasteiger partial charge on any atom is -0.444 e. The first-order valence-electron chi connectivity index (χ1n) is 12.3. The summed E-state index contributed by atoms with van der Waals surface area (Å²) in [6.45, 7) is 13.4. The summed E-state index contributed by atoms with van der Waals surface area (Å²) < 4.78 is 37.4. The van der Waals surface area contributed by atoms with Gasteiger partial charge in [0.15, 0.2) is 0 Å². The molecule has 1 amide bonds. The molecule has 36 heavy (non-hydrogen) atoms. The lowest BCUT2D eigenvalue weighted by Crippen LogP contribution is -2.43. The van der Waals surface area contributed by atoms with E-state index in [0.717, 1.165) is 41.8 Å². The number of rotatable bonds is 4. The molecule has 0 aliphatic carbocycles. The van der Waals surface area contributed by atoms with Crippen LogP contribution in [0.5, 0.6) is 0 Å². The van der Waals surface area contributed by atoms with Gasteiger partial charge in [-0.1, -0.05) is 32.0 Å². The predicted molar refractivity (Wildman–Crippen MR) is 137 cm³/mol. The molecule has 2 aromatic carbocycles. The van der Waals surface area contributed by atoms with Crippen molar-refractivity contribution in [2.45, 2.75) is 79.0 Å². The molecule has 0 unspecified atom stereocenters. The molecular formula is C28H34F2N4O2. The van der Waals surface area contributed by atoms with Gasteiger partial charge in [-0.15, -0.1) is 0 Å². The van der Waals surface area contributed by atoms with Crippen molar-refractivity contribution in [1.29, 1.82) is 0 Å². The lowest BCUT2D eigenvalue weighted by Gasteiger charge is -2.33. The van der Waals surface area contributed by atoms with Gasteiger partial charge >= 0.3 is 6.09 Å². The molecule has 0 radical (unpaired) electrons. The van der Waals surface area contributed by atoms with Gasteiger partial charge in [-0.3, -0.25) is 4.90 Å². The van der Waals surface area contributed by atoms with Crippen LogP contribution in [0.2, 0.25) is 0 Å². The summed E-state index contributed by atoms with van der Waals surface area (Å²) in [5.41, 5.74) is 8.52. The van der Waals surface area contributed by atoms with E-state index in [-0.39, 0.29) is 17.8 Å². The Balaban J connectivity index is 2.01. The number of ether oxygens (including phenoxy) is 1. The van der Waals surface area contributed by atoms with E-state index in [0.29, 0.717) is 17.0 Å². The number of aryl methyl sites for hydroxylation is 2. The van der Waals surface area contributed by atoms with Crippen LogP contribution in [0.4, 0.5) is 19.3 Å². The maximum absolute atomic E-state index is 15.4. The third kappa shape index (κ3) is 4.22. The SMILES string of the molecule is CCc1cccc(CC)c1-n1nc2c(c1-c1cc(F)c(N)cc1F)CN(C(=O)OC(C)(C)C)C2(C)C. The molecule has 192 valence electrons. The molecule has 0 saturated heterocycles. The number of anilines is 1. The fourth-order valence-electron chi connectivity index (χ4n) is 4.85. The first-order valence-corrected chi connectivity index (χ1v) is 12.3. The van der Waals surface area contributed by atoms with Gasteiger partial charge < -0.3 is 10.5 Å².